The molecule has 3 aromatic rings. The summed E-state index contributed by atoms with van der Waals surface area (Å²) in [6.45, 7) is 17.3. The summed E-state index contributed by atoms with van der Waals surface area (Å²) in [5, 5.41) is 23.8. The average Bonchev–Trinajstić information content (AvgIpc) is 3.34. The predicted molar refractivity (Wildman–Crippen MR) is 168 cm³/mol. The highest BCUT2D eigenvalue weighted by molar-refractivity contribution is 6.76. The number of anilines is 1. The molecule has 0 spiro atoms. The number of hydrogen-bond acceptors (Lipinski definition) is 7. The van der Waals surface area contributed by atoms with E-state index in [2.05, 4.69) is 49.6 Å². The number of halogens is 1. The van der Waals surface area contributed by atoms with Crippen LogP contribution >= 0.6 is 0 Å². The van der Waals surface area contributed by atoms with Crippen molar-refractivity contribution in [3.05, 3.63) is 75.6 Å². The normalized spacial score (nSPS) is 12.0. The van der Waals surface area contributed by atoms with Gasteiger partial charge >= 0.3 is 5.69 Å². The molecule has 0 aliphatic rings. The Balaban J connectivity index is 1.95. The van der Waals surface area contributed by atoms with E-state index >= 15 is 4.39 Å². The first-order chi connectivity index (χ1) is 19.2. The smallest absolute Gasteiger partial charge is 0.305 e. The fourth-order valence-electron chi connectivity index (χ4n) is 4.19. The van der Waals surface area contributed by atoms with Crippen molar-refractivity contribution < 1.29 is 18.8 Å². The molecule has 0 aliphatic heterocycles. The highest BCUT2D eigenvalue weighted by Gasteiger charge is 2.23. The Hall–Kier alpha value is -3.20. The van der Waals surface area contributed by atoms with E-state index in [0.29, 0.717) is 41.4 Å². The van der Waals surface area contributed by atoms with Crippen molar-refractivity contribution in [3.8, 4) is 11.1 Å². The third-order valence-corrected chi connectivity index (χ3v) is 10.1. The number of nitro groups is 1. The lowest BCUT2D eigenvalue weighted by Crippen LogP contribution is -2.23. The van der Waals surface area contributed by atoms with E-state index in [0.717, 1.165) is 18.2 Å². The molecule has 0 saturated carbocycles. The molecule has 0 bridgehead atoms. The average molecular weight is 600 g/mol. The molecule has 0 fully saturated rings. The van der Waals surface area contributed by atoms with Crippen molar-refractivity contribution in [1.82, 2.24) is 9.55 Å². The van der Waals surface area contributed by atoms with Gasteiger partial charge in [-0.2, -0.15) is 4.39 Å². The van der Waals surface area contributed by atoms with Gasteiger partial charge in [0.15, 0.2) is 5.82 Å². The number of ether oxygens (including phenoxy) is 2. The Morgan fingerprint density at radius 1 is 1.05 bits per heavy atom. The molecule has 222 valence electrons. The zero-order valence-electron chi connectivity index (χ0n) is 25.1. The topological polar surface area (TPSA) is 115 Å². The van der Waals surface area contributed by atoms with Crippen LogP contribution in [-0.4, -0.2) is 56.3 Å². The van der Waals surface area contributed by atoms with Crippen LogP contribution in [0.4, 0.5) is 15.8 Å². The van der Waals surface area contributed by atoms with E-state index < -0.39 is 32.6 Å². The molecule has 1 heterocycles. The van der Waals surface area contributed by atoms with Gasteiger partial charge in [0.25, 0.3) is 0 Å². The second-order valence-electron chi connectivity index (χ2n) is 12.5. The zero-order chi connectivity index (χ0) is 30.4. The molecule has 12 heteroatoms. The fourth-order valence-corrected chi connectivity index (χ4v) is 5.70. The molecule has 41 heavy (non-hydrogen) atoms. The van der Waals surface area contributed by atoms with Crippen LogP contribution in [0.25, 0.3) is 11.1 Å². The number of nitrogens with zero attached hydrogens (tertiary/aromatic N) is 3. The summed E-state index contributed by atoms with van der Waals surface area (Å²) in [5.41, 5.74) is 1.98. The molecule has 0 amide bonds. The van der Waals surface area contributed by atoms with Gasteiger partial charge < -0.3 is 19.4 Å². The Kier molecular flexibility index (Phi) is 10.8. The van der Waals surface area contributed by atoms with Gasteiger partial charge in [-0.25, -0.2) is 4.98 Å². The first kappa shape index (κ1) is 32.3. The number of benzene rings is 2. The van der Waals surface area contributed by atoms with Crippen LogP contribution in [0.1, 0.15) is 17.0 Å². The summed E-state index contributed by atoms with van der Waals surface area (Å²) >= 11 is 0. The minimum atomic E-state index is -1.27. The van der Waals surface area contributed by atoms with Gasteiger partial charge in [-0.15, -0.1) is 0 Å². The summed E-state index contributed by atoms with van der Waals surface area (Å²) in [6, 6.07) is 9.59. The number of nitro benzene ring substituents is 1. The van der Waals surface area contributed by atoms with E-state index in [1.165, 1.54) is 12.1 Å². The highest BCUT2D eigenvalue weighted by atomic mass is 28.3. The minimum absolute atomic E-state index is 0.120. The van der Waals surface area contributed by atoms with Crippen molar-refractivity contribution in [3.63, 3.8) is 0 Å². The van der Waals surface area contributed by atoms with E-state index in [-0.39, 0.29) is 24.7 Å². The summed E-state index contributed by atoms with van der Waals surface area (Å²) < 4.78 is 28.8. The van der Waals surface area contributed by atoms with E-state index in [1.807, 2.05) is 0 Å². The third kappa shape index (κ3) is 8.89. The van der Waals surface area contributed by atoms with Crippen molar-refractivity contribution in [2.24, 2.45) is 0 Å². The molecule has 3 rings (SSSR count). The summed E-state index contributed by atoms with van der Waals surface area (Å²) in [4.78, 5) is 15.1. The molecule has 9 nitrogen and oxygen atoms in total. The largest absolute Gasteiger partial charge is 0.362 e. The second-order valence-corrected chi connectivity index (χ2v) is 23.8. The first-order valence-electron chi connectivity index (χ1n) is 13.8. The van der Waals surface area contributed by atoms with Crippen LogP contribution in [-0.2, 0) is 16.2 Å². The zero-order valence-corrected chi connectivity index (χ0v) is 27.1. The molecule has 0 radical (unpaired) electrons. The van der Waals surface area contributed by atoms with Crippen molar-refractivity contribution in [2.45, 2.75) is 65.0 Å². The van der Waals surface area contributed by atoms with E-state index in [9.17, 15) is 10.1 Å². The van der Waals surface area contributed by atoms with Crippen LogP contribution in [0.5, 0.6) is 0 Å². The predicted octanol–water partition coefficient (Wildman–Crippen LogP) is 7.36. The molecule has 1 aromatic heterocycles. The molecule has 2 N–H and O–H groups in total. The van der Waals surface area contributed by atoms with Gasteiger partial charge in [-0.05, 0) is 36.2 Å². The van der Waals surface area contributed by atoms with Gasteiger partial charge in [-0.3, -0.25) is 15.5 Å². The number of aromatic nitrogens is 2. The van der Waals surface area contributed by atoms with Crippen LogP contribution in [0.3, 0.4) is 0 Å². The maximum Gasteiger partial charge on any atom is 0.305 e. The van der Waals surface area contributed by atoms with Crippen LogP contribution in [0.15, 0.2) is 42.7 Å². The van der Waals surface area contributed by atoms with Crippen LogP contribution < -0.4 is 5.32 Å². The Morgan fingerprint density at radius 2 is 1.71 bits per heavy atom. The van der Waals surface area contributed by atoms with Crippen LogP contribution in [0.2, 0.25) is 51.4 Å². The SMILES string of the molecule is Cc1c(-c2cccc([N+](=O)[O-])c2F)ccc(C(=N)c2nccn2COCC[Si](C)(C)C)c1NCOCC[Si](C)(C)C. The number of imidazole rings is 1. The highest BCUT2D eigenvalue weighted by Crippen LogP contribution is 2.36. The second kappa shape index (κ2) is 13.6. The first-order valence-corrected chi connectivity index (χ1v) is 21.2. The lowest BCUT2D eigenvalue weighted by molar-refractivity contribution is -0.387. The van der Waals surface area contributed by atoms with E-state index in [1.54, 1.807) is 36.0 Å². The molecule has 0 aliphatic carbocycles. The lowest BCUT2D eigenvalue weighted by atomic mass is 9.93. The maximum atomic E-state index is 15.2. The maximum absolute atomic E-state index is 15.2. The Morgan fingerprint density at radius 3 is 2.34 bits per heavy atom. The van der Waals surface area contributed by atoms with Gasteiger partial charge in [0.2, 0.25) is 5.82 Å². The Bertz CT molecular complexity index is 1380. The lowest BCUT2D eigenvalue weighted by Gasteiger charge is -2.20. The van der Waals surface area contributed by atoms with E-state index in [4.69, 9.17) is 14.9 Å². The quantitative estimate of drug-likeness (QED) is 0.0471. The van der Waals surface area contributed by atoms with Gasteiger partial charge in [0.1, 0.15) is 19.2 Å². The van der Waals surface area contributed by atoms with Gasteiger partial charge in [0, 0.05) is 64.6 Å². The van der Waals surface area contributed by atoms with Crippen LogP contribution in [0, 0.1) is 28.3 Å². The molecule has 2 aromatic carbocycles. The van der Waals surface area contributed by atoms with Gasteiger partial charge in [-0.1, -0.05) is 57.5 Å². The van der Waals surface area contributed by atoms with Gasteiger partial charge in [0.05, 0.1) is 4.92 Å². The third-order valence-electron chi connectivity index (χ3n) is 6.71. The van der Waals surface area contributed by atoms with Crippen molar-refractivity contribution in [2.75, 3.05) is 25.3 Å². The summed E-state index contributed by atoms with van der Waals surface area (Å²) in [7, 11) is -2.50. The molecule has 0 unspecified atom stereocenters. The molecule has 0 saturated heterocycles. The summed E-state index contributed by atoms with van der Waals surface area (Å²) in [6.07, 6.45) is 3.42. The molecule has 0 atom stereocenters. The number of hydrogen-bond donors (Lipinski definition) is 2. The van der Waals surface area contributed by atoms with Crippen molar-refractivity contribution in [1.29, 1.82) is 5.41 Å². The standard InChI is InChI=1S/C29H42FN5O4Si2/c1-21-22(23-9-8-10-25(26(23)30)35(36)37)11-12-24(28(21)33-19-38-15-17-40(2,3)4)27(31)29-32-13-14-34(29)20-39-16-18-41(5,6)7/h8-14,31,33H,15-20H2,1-7H3. The number of nitrogens with one attached hydrogen (secondary N) is 2. The minimum Gasteiger partial charge on any atom is -0.362 e. The fraction of sp³-hybridized carbons (Fsp3) is 0.448. The van der Waals surface area contributed by atoms with Crippen molar-refractivity contribution >= 4 is 33.2 Å². The summed E-state index contributed by atoms with van der Waals surface area (Å²) in [5.74, 6) is -0.457. The Labute approximate surface area is 243 Å². The number of rotatable bonds is 15. The molecular formula is C29H42FN5O4Si2. The molecular weight excluding hydrogens is 558 g/mol. The monoisotopic (exact) mass is 599 g/mol.